The fourth-order valence-corrected chi connectivity index (χ4v) is 3.96. The standard InChI is InChI=1S/C20H23N3O2/c24-18-9-8-17(20(23-18)10-3-11-20)22-19(25)21-13-14-6-7-15-4-1-2-5-16(15)12-14/h1-2,4-7,12,17H,3,8-11,13H2,(H,23,24)(H2,21,22,25)/t17-/m0/s1. The zero-order chi connectivity index (χ0) is 17.3. The van der Waals surface area contributed by atoms with E-state index in [1.807, 2.05) is 18.2 Å². The van der Waals surface area contributed by atoms with Gasteiger partial charge in [0.15, 0.2) is 0 Å². The summed E-state index contributed by atoms with van der Waals surface area (Å²) in [5.41, 5.74) is 0.861. The molecule has 0 unspecified atom stereocenters. The van der Waals surface area contributed by atoms with Crippen molar-refractivity contribution in [3.63, 3.8) is 0 Å². The molecule has 2 aliphatic rings. The minimum atomic E-state index is -0.213. The molecule has 5 heteroatoms. The van der Waals surface area contributed by atoms with Gasteiger partial charge in [0.05, 0.1) is 11.6 Å². The Morgan fingerprint density at radius 3 is 2.72 bits per heavy atom. The third kappa shape index (κ3) is 3.18. The summed E-state index contributed by atoms with van der Waals surface area (Å²) in [6, 6.07) is 14.3. The van der Waals surface area contributed by atoms with Gasteiger partial charge in [-0.1, -0.05) is 36.4 Å². The van der Waals surface area contributed by atoms with Crippen LogP contribution in [0.25, 0.3) is 10.8 Å². The molecule has 25 heavy (non-hydrogen) atoms. The van der Waals surface area contributed by atoms with Crippen LogP contribution in [-0.4, -0.2) is 23.5 Å². The first-order chi connectivity index (χ1) is 12.1. The molecule has 130 valence electrons. The first-order valence-corrected chi connectivity index (χ1v) is 8.98. The third-order valence-corrected chi connectivity index (χ3v) is 5.53. The Labute approximate surface area is 147 Å². The number of hydrogen-bond donors (Lipinski definition) is 3. The number of carbonyl (C=O) groups excluding carboxylic acids is 2. The minimum Gasteiger partial charge on any atom is -0.349 e. The second-order valence-corrected chi connectivity index (χ2v) is 7.16. The Morgan fingerprint density at radius 2 is 1.96 bits per heavy atom. The van der Waals surface area contributed by atoms with E-state index >= 15 is 0 Å². The van der Waals surface area contributed by atoms with Crippen LogP contribution in [-0.2, 0) is 11.3 Å². The highest BCUT2D eigenvalue weighted by Crippen LogP contribution is 2.38. The Balaban J connectivity index is 1.36. The number of benzene rings is 2. The molecule has 2 aromatic carbocycles. The minimum absolute atomic E-state index is 0.0237. The van der Waals surface area contributed by atoms with Crippen LogP contribution in [0.15, 0.2) is 42.5 Å². The number of nitrogens with one attached hydrogen (secondary N) is 3. The maximum atomic E-state index is 12.3. The van der Waals surface area contributed by atoms with Gasteiger partial charge in [0, 0.05) is 13.0 Å². The van der Waals surface area contributed by atoms with Gasteiger partial charge in [-0.2, -0.15) is 0 Å². The fraction of sp³-hybridized carbons (Fsp3) is 0.400. The molecule has 0 aromatic heterocycles. The molecule has 1 aliphatic heterocycles. The topological polar surface area (TPSA) is 70.2 Å². The van der Waals surface area contributed by atoms with E-state index in [4.69, 9.17) is 0 Å². The van der Waals surface area contributed by atoms with E-state index in [0.29, 0.717) is 13.0 Å². The molecule has 2 fully saturated rings. The van der Waals surface area contributed by atoms with Crippen molar-refractivity contribution in [3.05, 3.63) is 48.0 Å². The number of amides is 3. The maximum absolute atomic E-state index is 12.3. The average Bonchev–Trinajstić information content (AvgIpc) is 2.60. The highest BCUT2D eigenvalue weighted by atomic mass is 16.2. The first kappa shape index (κ1) is 15.9. The summed E-state index contributed by atoms with van der Waals surface area (Å²) < 4.78 is 0. The molecule has 1 saturated heterocycles. The summed E-state index contributed by atoms with van der Waals surface area (Å²) in [7, 11) is 0. The van der Waals surface area contributed by atoms with Crippen molar-refractivity contribution in [1.82, 2.24) is 16.0 Å². The van der Waals surface area contributed by atoms with Gasteiger partial charge in [-0.05, 0) is 48.1 Å². The molecular formula is C20H23N3O2. The highest BCUT2D eigenvalue weighted by Gasteiger charge is 2.48. The second kappa shape index (κ2) is 6.39. The zero-order valence-electron chi connectivity index (χ0n) is 14.2. The molecule has 0 radical (unpaired) electrons. The van der Waals surface area contributed by atoms with E-state index in [-0.39, 0.29) is 23.5 Å². The van der Waals surface area contributed by atoms with Crippen LogP contribution < -0.4 is 16.0 Å². The van der Waals surface area contributed by atoms with E-state index in [9.17, 15) is 9.59 Å². The second-order valence-electron chi connectivity index (χ2n) is 7.16. The Kier molecular flexibility index (Phi) is 4.07. The largest absolute Gasteiger partial charge is 0.349 e. The lowest BCUT2D eigenvalue weighted by Gasteiger charge is -2.50. The van der Waals surface area contributed by atoms with Crippen LogP contribution in [0.2, 0.25) is 0 Å². The van der Waals surface area contributed by atoms with Gasteiger partial charge in [0.2, 0.25) is 5.91 Å². The number of rotatable bonds is 3. The molecule has 1 atom stereocenters. The third-order valence-electron chi connectivity index (χ3n) is 5.53. The Bertz CT molecular complexity index is 813. The summed E-state index contributed by atoms with van der Waals surface area (Å²) >= 11 is 0. The van der Waals surface area contributed by atoms with E-state index in [0.717, 1.165) is 31.2 Å². The monoisotopic (exact) mass is 337 g/mol. The molecule has 0 bridgehead atoms. The van der Waals surface area contributed by atoms with Crippen molar-refractivity contribution in [2.24, 2.45) is 0 Å². The molecule has 3 amide bonds. The van der Waals surface area contributed by atoms with Crippen molar-refractivity contribution in [2.45, 2.75) is 50.2 Å². The molecule has 5 nitrogen and oxygen atoms in total. The van der Waals surface area contributed by atoms with Gasteiger partial charge < -0.3 is 16.0 Å². The zero-order valence-corrected chi connectivity index (χ0v) is 14.2. The number of urea groups is 1. The van der Waals surface area contributed by atoms with Crippen molar-refractivity contribution >= 4 is 22.7 Å². The van der Waals surface area contributed by atoms with Gasteiger partial charge in [-0.3, -0.25) is 4.79 Å². The van der Waals surface area contributed by atoms with Crippen LogP contribution in [0.5, 0.6) is 0 Å². The molecule has 1 saturated carbocycles. The van der Waals surface area contributed by atoms with Crippen molar-refractivity contribution in [2.75, 3.05) is 0 Å². The molecule has 2 aromatic rings. The van der Waals surface area contributed by atoms with Gasteiger partial charge >= 0.3 is 6.03 Å². The number of carbonyl (C=O) groups is 2. The summed E-state index contributed by atoms with van der Waals surface area (Å²) in [5.74, 6) is 0.106. The van der Waals surface area contributed by atoms with Crippen LogP contribution in [0.4, 0.5) is 4.79 Å². The lowest BCUT2D eigenvalue weighted by Crippen LogP contribution is -2.69. The van der Waals surface area contributed by atoms with Gasteiger partial charge in [-0.25, -0.2) is 4.79 Å². The SMILES string of the molecule is O=C1CC[C@H](NC(=O)NCc2ccc3ccccc3c2)C2(CCC2)N1. The lowest BCUT2D eigenvalue weighted by molar-refractivity contribution is -0.127. The Hall–Kier alpha value is -2.56. The predicted octanol–water partition coefficient (Wildman–Crippen LogP) is 2.84. The normalized spacial score (nSPS) is 21.4. The van der Waals surface area contributed by atoms with E-state index in [1.54, 1.807) is 0 Å². The predicted molar refractivity (Wildman–Crippen MR) is 97.1 cm³/mol. The summed E-state index contributed by atoms with van der Waals surface area (Å²) in [6.07, 6.45) is 4.21. The van der Waals surface area contributed by atoms with Crippen LogP contribution in [0, 0.1) is 0 Å². The van der Waals surface area contributed by atoms with Gasteiger partial charge in [0.25, 0.3) is 0 Å². The number of fused-ring (bicyclic) bond motifs is 1. The highest BCUT2D eigenvalue weighted by molar-refractivity contribution is 5.83. The molecule has 4 rings (SSSR count). The molecule has 1 aliphatic carbocycles. The quantitative estimate of drug-likeness (QED) is 0.806. The smallest absolute Gasteiger partial charge is 0.315 e. The van der Waals surface area contributed by atoms with Crippen molar-refractivity contribution in [1.29, 1.82) is 0 Å². The summed E-state index contributed by atoms with van der Waals surface area (Å²) in [6.45, 7) is 0.489. The van der Waals surface area contributed by atoms with Crippen molar-refractivity contribution < 1.29 is 9.59 Å². The van der Waals surface area contributed by atoms with E-state index in [2.05, 4.69) is 40.2 Å². The van der Waals surface area contributed by atoms with Gasteiger partial charge in [-0.15, -0.1) is 0 Å². The maximum Gasteiger partial charge on any atom is 0.315 e. The molecule has 3 N–H and O–H groups in total. The van der Waals surface area contributed by atoms with Crippen molar-refractivity contribution in [3.8, 4) is 0 Å². The van der Waals surface area contributed by atoms with Crippen LogP contribution >= 0.6 is 0 Å². The Morgan fingerprint density at radius 1 is 1.16 bits per heavy atom. The average molecular weight is 337 g/mol. The fourth-order valence-electron chi connectivity index (χ4n) is 3.96. The van der Waals surface area contributed by atoms with E-state index in [1.165, 1.54) is 10.8 Å². The molecular weight excluding hydrogens is 314 g/mol. The van der Waals surface area contributed by atoms with E-state index < -0.39 is 0 Å². The van der Waals surface area contributed by atoms with Gasteiger partial charge in [0.1, 0.15) is 0 Å². The number of piperidine rings is 1. The van der Waals surface area contributed by atoms with Crippen LogP contribution in [0.3, 0.4) is 0 Å². The molecule has 1 heterocycles. The summed E-state index contributed by atoms with van der Waals surface area (Å²) in [5, 5.41) is 11.5. The molecule has 1 spiro atoms. The van der Waals surface area contributed by atoms with Crippen LogP contribution in [0.1, 0.15) is 37.7 Å². The number of hydrogen-bond acceptors (Lipinski definition) is 2. The first-order valence-electron chi connectivity index (χ1n) is 8.98. The summed E-state index contributed by atoms with van der Waals surface area (Å²) in [4.78, 5) is 24.0. The lowest BCUT2D eigenvalue weighted by atomic mass is 9.68.